The van der Waals surface area contributed by atoms with Crippen LogP contribution in [0.25, 0.3) is 43.4 Å². The van der Waals surface area contributed by atoms with Crippen LogP contribution < -0.4 is 0 Å². The van der Waals surface area contributed by atoms with Crippen molar-refractivity contribution in [3.63, 3.8) is 0 Å². The molecule has 0 spiro atoms. The minimum atomic E-state index is 0. The zero-order chi connectivity index (χ0) is 16.1. The second-order valence-electron chi connectivity index (χ2n) is 6.48. The van der Waals surface area contributed by atoms with E-state index in [4.69, 9.17) is 0 Å². The summed E-state index contributed by atoms with van der Waals surface area (Å²) in [6.07, 6.45) is 0. The average Bonchev–Trinajstić information content (AvgIpc) is 2.96. The molecule has 0 saturated carbocycles. The molecule has 0 amide bonds. The van der Waals surface area contributed by atoms with Gasteiger partial charge in [-0.05, 0) is 21.5 Å². The van der Waals surface area contributed by atoms with Crippen molar-refractivity contribution in [3.05, 3.63) is 105 Å². The summed E-state index contributed by atoms with van der Waals surface area (Å²) in [5, 5.41) is 7.95. The largest absolute Gasteiger partial charge is 3.00 e. The third kappa shape index (κ3) is 3.30. The smallest absolute Gasteiger partial charge is 0.358 e. The van der Waals surface area contributed by atoms with E-state index in [1.165, 1.54) is 49.0 Å². The Morgan fingerprint density at radius 2 is 1.26 bits per heavy atom. The molecule has 0 nitrogen and oxygen atoms in total. The Morgan fingerprint density at radius 1 is 0.630 bits per heavy atom. The van der Waals surface area contributed by atoms with Gasteiger partial charge in [0.15, 0.2) is 0 Å². The van der Waals surface area contributed by atoms with E-state index in [0.717, 1.165) is 0 Å². The third-order valence-electron chi connectivity index (χ3n) is 5.04. The van der Waals surface area contributed by atoms with Crippen molar-refractivity contribution in [2.24, 2.45) is 0 Å². The molecule has 0 aliphatic carbocycles. The molecule has 0 bridgehead atoms. The van der Waals surface area contributed by atoms with Crippen molar-refractivity contribution < 1.29 is 26.2 Å². The van der Waals surface area contributed by atoms with Crippen molar-refractivity contribution in [1.82, 2.24) is 0 Å². The Labute approximate surface area is 181 Å². The van der Waals surface area contributed by atoms with Gasteiger partial charge in [-0.2, -0.15) is 0 Å². The van der Waals surface area contributed by atoms with Gasteiger partial charge in [0.1, 0.15) is 0 Å². The van der Waals surface area contributed by atoms with E-state index >= 15 is 0 Å². The Kier molecular flexibility index (Phi) is 6.50. The van der Waals surface area contributed by atoms with E-state index in [0.29, 0.717) is 0 Å². The molecule has 0 fully saturated rings. The van der Waals surface area contributed by atoms with Crippen LogP contribution in [0.2, 0.25) is 0 Å². The molecule has 131 valence electrons. The topological polar surface area (TPSA) is 0 Å². The Morgan fingerprint density at radius 3 is 2.07 bits per heavy atom. The van der Waals surface area contributed by atoms with Crippen LogP contribution in [0.1, 0.15) is 5.56 Å². The number of hydrogen-bond donors (Lipinski definition) is 0. The predicted molar refractivity (Wildman–Crippen MR) is 118 cm³/mol. The molecule has 0 N–H and O–H groups in total. The van der Waals surface area contributed by atoms with Crippen molar-refractivity contribution >= 4 is 32.3 Å². The van der Waals surface area contributed by atoms with Crippen LogP contribution in [0.4, 0.5) is 0 Å². The predicted octanol–water partition coefficient (Wildman–Crippen LogP) is 7.74. The van der Waals surface area contributed by atoms with Crippen LogP contribution in [0.3, 0.4) is 0 Å². The van der Waals surface area contributed by atoms with Gasteiger partial charge in [-0.25, -0.2) is 0 Å². The Bertz CT molecular complexity index is 1210. The number of fused-ring (bicyclic) bond motifs is 4. The zero-order valence-corrected chi connectivity index (χ0v) is 18.5. The monoisotopic (exact) mass is 425 g/mol. The van der Waals surface area contributed by atoms with E-state index in [1.807, 2.05) is 0 Å². The van der Waals surface area contributed by atoms with Crippen LogP contribution in [-0.2, 0) is 26.2 Å². The molecular formula is C26H23Zr. The molecular weight excluding hydrogens is 404 g/mol. The standard InChI is InChI=1S/C24H17.2CH3.Zr/c1-16-15-19-8-3-5-11-21(19)23(16)22-12-6-9-18-14-13-17-7-2-4-10-20(17)24(18)22;;;/h2-15H,1H3;2*1H3;/q3*-1;+3. The molecule has 0 aromatic heterocycles. The van der Waals surface area contributed by atoms with E-state index in [2.05, 4.69) is 91.9 Å². The first-order valence-corrected chi connectivity index (χ1v) is 8.39. The second-order valence-corrected chi connectivity index (χ2v) is 6.48. The molecule has 5 aromatic rings. The Hall–Kier alpha value is -2.11. The molecule has 5 rings (SSSR count). The maximum absolute atomic E-state index is 2.30. The summed E-state index contributed by atoms with van der Waals surface area (Å²) in [5.41, 5.74) is 4.05. The molecule has 1 heteroatoms. The van der Waals surface area contributed by atoms with Crippen LogP contribution in [-0.4, -0.2) is 0 Å². The van der Waals surface area contributed by atoms with Crippen molar-refractivity contribution in [2.75, 3.05) is 0 Å². The summed E-state index contributed by atoms with van der Waals surface area (Å²) in [6, 6.07) is 30.8. The van der Waals surface area contributed by atoms with Gasteiger partial charge in [0.2, 0.25) is 0 Å². The summed E-state index contributed by atoms with van der Waals surface area (Å²) < 4.78 is 0. The molecule has 0 aliphatic heterocycles. The molecule has 0 aliphatic rings. The number of benzene rings is 4. The number of hydrogen-bond acceptors (Lipinski definition) is 0. The van der Waals surface area contributed by atoms with Gasteiger partial charge in [-0.3, -0.25) is 0 Å². The van der Waals surface area contributed by atoms with Crippen LogP contribution >= 0.6 is 0 Å². The summed E-state index contributed by atoms with van der Waals surface area (Å²) in [6.45, 7) is 2.22. The van der Waals surface area contributed by atoms with E-state index in [-0.39, 0.29) is 41.1 Å². The first-order valence-electron chi connectivity index (χ1n) is 8.39. The quantitative estimate of drug-likeness (QED) is 0.190. The molecule has 0 saturated heterocycles. The minimum Gasteiger partial charge on any atom is -0.358 e. The SMILES string of the molecule is Cc1[cH-]c2ccccc2c1-c1cccc2ccc3ccccc3c12.[CH3-].[CH3-].[Zr+3]. The molecule has 1 radical (unpaired) electrons. The molecule has 0 atom stereocenters. The van der Waals surface area contributed by atoms with Gasteiger partial charge < -0.3 is 14.9 Å². The van der Waals surface area contributed by atoms with Crippen LogP contribution in [0, 0.1) is 21.8 Å². The summed E-state index contributed by atoms with van der Waals surface area (Å²) >= 11 is 0. The maximum atomic E-state index is 2.30. The zero-order valence-electron chi connectivity index (χ0n) is 16.1. The van der Waals surface area contributed by atoms with Gasteiger partial charge >= 0.3 is 26.2 Å². The average molecular weight is 427 g/mol. The minimum absolute atomic E-state index is 0. The Balaban J connectivity index is 0.000000871. The maximum Gasteiger partial charge on any atom is 3.00 e. The molecule has 27 heavy (non-hydrogen) atoms. The van der Waals surface area contributed by atoms with Gasteiger partial charge in [0.05, 0.1) is 0 Å². The van der Waals surface area contributed by atoms with Crippen molar-refractivity contribution in [1.29, 1.82) is 0 Å². The second kappa shape index (κ2) is 8.28. The van der Waals surface area contributed by atoms with E-state index < -0.39 is 0 Å². The number of rotatable bonds is 1. The normalized spacial score (nSPS) is 10.3. The molecule has 0 heterocycles. The third-order valence-corrected chi connectivity index (χ3v) is 5.04. The summed E-state index contributed by atoms with van der Waals surface area (Å²) in [5.74, 6) is 0. The van der Waals surface area contributed by atoms with Crippen molar-refractivity contribution in [2.45, 2.75) is 6.92 Å². The first kappa shape index (κ1) is 21.2. The van der Waals surface area contributed by atoms with Crippen LogP contribution in [0.15, 0.2) is 84.9 Å². The summed E-state index contributed by atoms with van der Waals surface area (Å²) in [7, 11) is 0. The molecule has 0 unspecified atom stereocenters. The van der Waals surface area contributed by atoms with Gasteiger partial charge in [-0.1, -0.05) is 73.2 Å². The van der Waals surface area contributed by atoms with Gasteiger partial charge in [-0.15, -0.1) is 46.2 Å². The first-order chi connectivity index (χ1) is 11.8. The van der Waals surface area contributed by atoms with E-state index in [1.54, 1.807) is 0 Å². The van der Waals surface area contributed by atoms with Crippen LogP contribution in [0.5, 0.6) is 0 Å². The molecule has 5 aromatic carbocycles. The fourth-order valence-corrected chi connectivity index (χ4v) is 3.99. The van der Waals surface area contributed by atoms with E-state index in [9.17, 15) is 0 Å². The van der Waals surface area contributed by atoms with Crippen molar-refractivity contribution in [3.8, 4) is 11.1 Å². The van der Waals surface area contributed by atoms with Gasteiger partial charge in [0, 0.05) is 0 Å². The number of aryl methyl sites for hydroxylation is 1. The fraction of sp³-hybridized carbons (Fsp3) is 0.0385. The summed E-state index contributed by atoms with van der Waals surface area (Å²) in [4.78, 5) is 0. The fourth-order valence-electron chi connectivity index (χ4n) is 3.99. The van der Waals surface area contributed by atoms with Gasteiger partial charge in [0.25, 0.3) is 0 Å².